The molecule has 182 valence electrons. The fourth-order valence-electron chi connectivity index (χ4n) is 4.75. The van der Waals surface area contributed by atoms with Crippen LogP contribution < -0.4 is 10.2 Å². The minimum Gasteiger partial charge on any atom is -0.342 e. The van der Waals surface area contributed by atoms with E-state index in [2.05, 4.69) is 15.3 Å². The molecule has 3 aromatic rings. The lowest BCUT2D eigenvalue weighted by atomic mass is 9.91. The molecule has 5 rings (SSSR count). The highest BCUT2D eigenvalue weighted by atomic mass is 35.5. The molecular formula is C26H24ClF3N4O. The second-order valence-corrected chi connectivity index (χ2v) is 9.36. The zero-order chi connectivity index (χ0) is 24.7. The number of carbonyl (C=O) groups excluding carboxylic acids is 1. The molecular weight excluding hydrogens is 477 g/mol. The fourth-order valence-corrected chi connectivity index (χ4v) is 4.92. The Hall–Kier alpha value is -3.26. The number of nitrogens with one attached hydrogen (secondary N) is 2. The fraction of sp³-hybridized carbons (Fsp3) is 0.308. The van der Waals surface area contributed by atoms with Gasteiger partial charge in [0.25, 0.3) is 5.91 Å². The summed E-state index contributed by atoms with van der Waals surface area (Å²) < 4.78 is 42.4. The van der Waals surface area contributed by atoms with E-state index in [4.69, 9.17) is 11.6 Å². The lowest BCUT2D eigenvalue weighted by molar-refractivity contribution is -0.137. The zero-order valence-electron chi connectivity index (χ0n) is 19.0. The van der Waals surface area contributed by atoms with E-state index in [0.717, 1.165) is 43.9 Å². The van der Waals surface area contributed by atoms with Gasteiger partial charge in [0, 0.05) is 22.5 Å². The van der Waals surface area contributed by atoms with Crippen LogP contribution in [0.5, 0.6) is 0 Å². The van der Waals surface area contributed by atoms with Crippen LogP contribution in [0.25, 0.3) is 11.0 Å². The molecule has 9 heteroatoms. The summed E-state index contributed by atoms with van der Waals surface area (Å²) in [5, 5.41) is 3.29. The third kappa shape index (κ3) is 4.67. The minimum atomic E-state index is -4.62. The maximum Gasteiger partial charge on any atom is 0.418 e. The lowest BCUT2D eigenvalue weighted by Crippen LogP contribution is -2.28. The standard InChI is InChI=1S/C26H24ClF3N4O/c1-15(24-32-20-10-9-18(27)14-21(20)33-24)31-25(35)17-8-11-23(19(13-17)26(28,29)30)34-12-4-6-16-5-2-3-7-22(16)34/h4,8-15H,2-3,5-7H2,1H3,(H,31,35)(H,32,33). The van der Waals surface area contributed by atoms with Crippen molar-refractivity contribution in [2.24, 2.45) is 0 Å². The van der Waals surface area contributed by atoms with Crippen LogP contribution in [0.2, 0.25) is 5.02 Å². The predicted molar refractivity (Wildman–Crippen MR) is 130 cm³/mol. The first kappa shape index (κ1) is 23.5. The number of amides is 1. The lowest BCUT2D eigenvalue weighted by Gasteiger charge is -2.34. The van der Waals surface area contributed by atoms with Gasteiger partial charge < -0.3 is 15.2 Å². The average Bonchev–Trinajstić information content (AvgIpc) is 3.26. The van der Waals surface area contributed by atoms with Crippen molar-refractivity contribution in [1.82, 2.24) is 15.3 Å². The van der Waals surface area contributed by atoms with Crippen LogP contribution in [0.4, 0.5) is 18.9 Å². The van der Waals surface area contributed by atoms with Gasteiger partial charge in [-0.2, -0.15) is 13.2 Å². The Morgan fingerprint density at radius 1 is 1.17 bits per heavy atom. The summed E-state index contributed by atoms with van der Waals surface area (Å²) in [5.74, 6) is -0.127. The number of imidazole rings is 1. The van der Waals surface area contributed by atoms with Crippen LogP contribution >= 0.6 is 11.6 Å². The molecule has 0 fully saturated rings. The summed E-state index contributed by atoms with van der Waals surface area (Å²) in [6.07, 6.45) is 3.44. The number of rotatable bonds is 4. The first-order valence-electron chi connectivity index (χ1n) is 11.5. The predicted octanol–water partition coefficient (Wildman–Crippen LogP) is 7.28. The molecule has 2 heterocycles. The van der Waals surface area contributed by atoms with E-state index < -0.39 is 23.7 Å². The SMILES string of the molecule is CC(NC(=O)c1ccc(N2C=CCC3=C2CCCC3)c(C(F)(F)F)c1)c1nc2ccc(Cl)cc2[nH]1. The number of carbonyl (C=O) groups is 1. The first-order chi connectivity index (χ1) is 16.7. The van der Waals surface area contributed by atoms with Gasteiger partial charge in [-0.1, -0.05) is 17.7 Å². The van der Waals surface area contributed by atoms with Crippen molar-refractivity contribution >= 4 is 34.2 Å². The zero-order valence-corrected chi connectivity index (χ0v) is 19.8. The van der Waals surface area contributed by atoms with Crippen LogP contribution in [0, 0.1) is 0 Å². The minimum absolute atomic E-state index is 0.0432. The van der Waals surface area contributed by atoms with E-state index in [1.54, 1.807) is 36.2 Å². The van der Waals surface area contributed by atoms with Gasteiger partial charge in [-0.15, -0.1) is 0 Å². The molecule has 1 aliphatic carbocycles. The van der Waals surface area contributed by atoms with Crippen LogP contribution in [0.1, 0.15) is 66.8 Å². The summed E-state index contributed by atoms with van der Waals surface area (Å²) in [4.78, 5) is 22.1. The number of allylic oxidation sites excluding steroid dienone is 3. The van der Waals surface area contributed by atoms with Crippen molar-refractivity contribution in [2.45, 2.75) is 51.2 Å². The molecule has 1 unspecified atom stereocenters. The van der Waals surface area contributed by atoms with Crippen LogP contribution in [-0.2, 0) is 6.18 Å². The van der Waals surface area contributed by atoms with E-state index in [9.17, 15) is 18.0 Å². The Bertz CT molecular complexity index is 1360. The number of anilines is 1. The molecule has 35 heavy (non-hydrogen) atoms. The summed E-state index contributed by atoms with van der Waals surface area (Å²) in [6.45, 7) is 1.71. The Morgan fingerprint density at radius 3 is 2.77 bits per heavy atom. The third-order valence-corrected chi connectivity index (χ3v) is 6.74. The Morgan fingerprint density at radius 2 is 1.97 bits per heavy atom. The van der Waals surface area contributed by atoms with Gasteiger partial charge in [0.1, 0.15) is 5.82 Å². The quantitative estimate of drug-likeness (QED) is 0.396. The number of hydrogen-bond acceptors (Lipinski definition) is 3. The van der Waals surface area contributed by atoms with Gasteiger partial charge in [0.15, 0.2) is 0 Å². The van der Waals surface area contributed by atoms with Gasteiger partial charge in [-0.25, -0.2) is 4.98 Å². The number of aromatic nitrogens is 2. The molecule has 0 spiro atoms. The van der Waals surface area contributed by atoms with Gasteiger partial charge >= 0.3 is 6.18 Å². The van der Waals surface area contributed by atoms with Crippen molar-refractivity contribution in [1.29, 1.82) is 0 Å². The number of halogens is 4. The maximum absolute atomic E-state index is 14.1. The largest absolute Gasteiger partial charge is 0.418 e. The number of hydrogen-bond donors (Lipinski definition) is 2. The number of aromatic amines is 1. The molecule has 2 N–H and O–H groups in total. The Kier molecular flexibility index (Phi) is 6.09. The molecule has 2 aliphatic rings. The molecule has 1 aromatic heterocycles. The van der Waals surface area contributed by atoms with Crippen molar-refractivity contribution in [3.05, 3.63) is 81.9 Å². The van der Waals surface area contributed by atoms with E-state index >= 15 is 0 Å². The van der Waals surface area contributed by atoms with E-state index in [1.165, 1.54) is 17.7 Å². The van der Waals surface area contributed by atoms with Gasteiger partial charge in [0.05, 0.1) is 28.3 Å². The van der Waals surface area contributed by atoms with Crippen molar-refractivity contribution in [3.63, 3.8) is 0 Å². The molecule has 0 bridgehead atoms. The molecule has 5 nitrogen and oxygen atoms in total. The molecule has 1 atom stereocenters. The monoisotopic (exact) mass is 500 g/mol. The molecule has 0 saturated carbocycles. The third-order valence-electron chi connectivity index (χ3n) is 6.50. The number of alkyl halides is 3. The molecule has 0 radical (unpaired) electrons. The second kappa shape index (κ2) is 9.07. The highest BCUT2D eigenvalue weighted by molar-refractivity contribution is 6.31. The molecule has 2 aromatic carbocycles. The van der Waals surface area contributed by atoms with Gasteiger partial charge in [-0.05, 0) is 81.0 Å². The highest BCUT2D eigenvalue weighted by Gasteiger charge is 2.37. The average molecular weight is 501 g/mol. The van der Waals surface area contributed by atoms with Crippen LogP contribution in [0.15, 0.2) is 59.9 Å². The van der Waals surface area contributed by atoms with E-state index in [-0.39, 0.29) is 11.3 Å². The number of H-pyrrole nitrogens is 1. The van der Waals surface area contributed by atoms with Crippen LogP contribution in [-0.4, -0.2) is 15.9 Å². The van der Waals surface area contributed by atoms with Crippen molar-refractivity contribution in [2.75, 3.05) is 4.90 Å². The van der Waals surface area contributed by atoms with Gasteiger partial charge in [-0.3, -0.25) is 4.79 Å². The number of nitrogens with zero attached hydrogens (tertiary/aromatic N) is 2. The topological polar surface area (TPSA) is 61.0 Å². The van der Waals surface area contributed by atoms with Crippen LogP contribution in [0.3, 0.4) is 0 Å². The highest BCUT2D eigenvalue weighted by Crippen LogP contribution is 2.42. The smallest absolute Gasteiger partial charge is 0.342 e. The Labute approximate surface area is 205 Å². The van der Waals surface area contributed by atoms with Crippen molar-refractivity contribution < 1.29 is 18.0 Å². The summed E-state index contributed by atoms with van der Waals surface area (Å²) in [7, 11) is 0. The molecule has 1 aliphatic heterocycles. The number of fused-ring (bicyclic) bond motifs is 1. The summed E-state index contributed by atoms with van der Waals surface area (Å²) >= 11 is 6.01. The maximum atomic E-state index is 14.1. The Balaban J connectivity index is 1.43. The molecule has 1 amide bonds. The van der Waals surface area contributed by atoms with E-state index in [1.807, 2.05) is 6.08 Å². The van der Waals surface area contributed by atoms with E-state index in [0.29, 0.717) is 21.9 Å². The first-order valence-corrected chi connectivity index (χ1v) is 11.9. The summed E-state index contributed by atoms with van der Waals surface area (Å²) in [6, 6.07) is 8.39. The van der Waals surface area contributed by atoms with Gasteiger partial charge in [0.2, 0.25) is 0 Å². The summed E-state index contributed by atoms with van der Waals surface area (Å²) in [5.41, 5.74) is 2.67. The normalized spacial score (nSPS) is 17.0. The second-order valence-electron chi connectivity index (χ2n) is 8.92. The number of benzene rings is 2. The van der Waals surface area contributed by atoms with Crippen molar-refractivity contribution in [3.8, 4) is 0 Å². The molecule has 0 saturated heterocycles.